The van der Waals surface area contributed by atoms with Crippen molar-refractivity contribution in [1.82, 2.24) is 0 Å². The van der Waals surface area contributed by atoms with E-state index in [0.29, 0.717) is 0 Å². The topological polar surface area (TPSA) is 44.5 Å². The monoisotopic (exact) mass is 231 g/mol. The van der Waals surface area contributed by atoms with E-state index >= 15 is 0 Å². The van der Waals surface area contributed by atoms with Crippen molar-refractivity contribution in [2.75, 3.05) is 0 Å². The molecule has 0 amide bonds. The number of rotatable bonds is 3. The quantitative estimate of drug-likeness (QED) is 0.811. The van der Waals surface area contributed by atoms with E-state index in [2.05, 4.69) is 12.2 Å². The average molecular weight is 231 g/mol. The molecule has 0 radical (unpaired) electrons. The molecule has 0 aromatic heterocycles. The van der Waals surface area contributed by atoms with Crippen molar-refractivity contribution in [2.45, 2.75) is 37.7 Å². The van der Waals surface area contributed by atoms with Crippen LogP contribution in [0.25, 0.3) is 0 Å². The third-order valence-corrected chi connectivity index (χ3v) is 3.37. The van der Waals surface area contributed by atoms with E-state index in [4.69, 9.17) is 15.2 Å². The summed E-state index contributed by atoms with van der Waals surface area (Å²) < 4.78 is 11.6. The third-order valence-electron chi connectivity index (χ3n) is 3.37. The minimum Gasteiger partial charge on any atom is -0.487 e. The first-order valence-corrected chi connectivity index (χ1v) is 6.08. The van der Waals surface area contributed by atoms with E-state index in [9.17, 15) is 0 Å². The summed E-state index contributed by atoms with van der Waals surface area (Å²) in [6.45, 7) is 1.98. The fraction of sp³-hybridized carbons (Fsp3) is 0.429. The van der Waals surface area contributed by atoms with E-state index in [1.54, 1.807) is 0 Å². The number of hydrogen-bond donors (Lipinski definition) is 1. The lowest BCUT2D eigenvalue weighted by Crippen LogP contribution is -2.26. The Balaban J connectivity index is 1.67. The number of nitrogens with two attached hydrogens (primary N) is 1. The fourth-order valence-corrected chi connectivity index (χ4v) is 2.37. The Hall–Kier alpha value is -1.32. The zero-order valence-electron chi connectivity index (χ0n) is 9.87. The molecular weight excluding hydrogens is 214 g/mol. The summed E-state index contributed by atoms with van der Waals surface area (Å²) in [7, 11) is 0. The highest BCUT2D eigenvalue weighted by Gasteiger charge is 2.38. The van der Waals surface area contributed by atoms with Gasteiger partial charge in [0.15, 0.2) is 0 Å². The summed E-state index contributed by atoms with van der Waals surface area (Å²) in [5.74, 6) is 0.893. The van der Waals surface area contributed by atoms with Crippen LogP contribution in [0.4, 0.5) is 0 Å². The van der Waals surface area contributed by atoms with Gasteiger partial charge in [0.2, 0.25) is 0 Å². The molecule has 2 aliphatic rings. The minimum absolute atomic E-state index is 0.0674. The molecule has 1 fully saturated rings. The summed E-state index contributed by atoms with van der Waals surface area (Å²) in [4.78, 5) is 0. The Morgan fingerprint density at radius 3 is 2.59 bits per heavy atom. The van der Waals surface area contributed by atoms with Crippen LogP contribution in [0.1, 0.15) is 24.9 Å². The predicted octanol–water partition coefficient (Wildman–Crippen LogP) is 2.18. The van der Waals surface area contributed by atoms with Gasteiger partial charge in [-0.3, -0.25) is 0 Å². The first-order chi connectivity index (χ1) is 8.22. The van der Waals surface area contributed by atoms with E-state index in [0.717, 1.165) is 17.7 Å². The van der Waals surface area contributed by atoms with Crippen LogP contribution in [0.5, 0.6) is 5.75 Å². The zero-order valence-corrected chi connectivity index (χ0v) is 9.87. The van der Waals surface area contributed by atoms with Crippen molar-refractivity contribution in [3.8, 4) is 5.75 Å². The minimum atomic E-state index is 0.0674. The van der Waals surface area contributed by atoms with Gasteiger partial charge < -0.3 is 15.2 Å². The van der Waals surface area contributed by atoms with Crippen molar-refractivity contribution >= 4 is 0 Å². The van der Waals surface area contributed by atoms with Gasteiger partial charge in [-0.05, 0) is 24.6 Å². The maximum absolute atomic E-state index is 5.93. The van der Waals surface area contributed by atoms with Gasteiger partial charge in [0, 0.05) is 12.5 Å². The summed E-state index contributed by atoms with van der Waals surface area (Å²) in [5.41, 5.74) is 6.93. The summed E-state index contributed by atoms with van der Waals surface area (Å²) >= 11 is 0. The van der Waals surface area contributed by atoms with Crippen LogP contribution in [-0.2, 0) is 4.74 Å². The molecular formula is C14H17NO2. The molecule has 0 aliphatic carbocycles. The molecule has 17 heavy (non-hydrogen) atoms. The van der Waals surface area contributed by atoms with Crippen LogP contribution in [0.3, 0.4) is 0 Å². The lowest BCUT2D eigenvalue weighted by Gasteiger charge is -2.18. The van der Waals surface area contributed by atoms with E-state index in [1.165, 1.54) is 0 Å². The Bertz CT molecular complexity index is 424. The summed E-state index contributed by atoms with van der Waals surface area (Å²) in [6, 6.07) is 8.06. The molecule has 90 valence electrons. The van der Waals surface area contributed by atoms with Crippen LogP contribution < -0.4 is 10.5 Å². The highest BCUT2D eigenvalue weighted by atomic mass is 16.6. The largest absolute Gasteiger partial charge is 0.487 e. The van der Waals surface area contributed by atoms with E-state index in [1.807, 2.05) is 31.2 Å². The molecule has 3 nitrogen and oxygen atoms in total. The summed E-state index contributed by atoms with van der Waals surface area (Å²) in [5, 5.41) is 0. The van der Waals surface area contributed by atoms with Crippen LogP contribution in [0.2, 0.25) is 0 Å². The fourth-order valence-electron chi connectivity index (χ4n) is 2.37. The number of hydrogen-bond acceptors (Lipinski definition) is 3. The van der Waals surface area contributed by atoms with Gasteiger partial charge in [-0.25, -0.2) is 0 Å². The molecule has 2 N–H and O–H groups in total. The second-order valence-corrected chi connectivity index (χ2v) is 4.77. The second kappa shape index (κ2) is 4.17. The Morgan fingerprint density at radius 2 is 2.06 bits per heavy atom. The molecule has 3 heteroatoms. The first kappa shape index (κ1) is 10.8. The van der Waals surface area contributed by atoms with Crippen molar-refractivity contribution in [3.63, 3.8) is 0 Å². The third kappa shape index (κ3) is 2.08. The predicted molar refractivity (Wildman–Crippen MR) is 65.9 cm³/mol. The van der Waals surface area contributed by atoms with Gasteiger partial charge in [0.05, 0.1) is 6.10 Å². The van der Waals surface area contributed by atoms with Crippen molar-refractivity contribution in [1.29, 1.82) is 0 Å². The lowest BCUT2D eigenvalue weighted by molar-refractivity contribution is 0.0800. The smallest absolute Gasteiger partial charge is 0.131 e. The van der Waals surface area contributed by atoms with Gasteiger partial charge >= 0.3 is 0 Å². The average Bonchev–Trinajstić information content (AvgIpc) is 2.91. The SMILES string of the molecule is CC(N)c1ccc(OC2CC3C=CC2O3)cc1. The number of benzene rings is 1. The Kier molecular flexibility index (Phi) is 2.65. The van der Waals surface area contributed by atoms with Gasteiger partial charge in [0.1, 0.15) is 18.0 Å². The second-order valence-electron chi connectivity index (χ2n) is 4.77. The van der Waals surface area contributed by atoms with Gasteiger partial charge in [0.25, 0.3) is 0 Å². The maximum atomic E-state index is 5.93. The van der Waals surface area contributed by atoms with E-state index in [-0.39, 0.29) is 24.4 Å². The molecule has 3 rings (SSSR count). The van der Waals surface area contributed by atoms with Gasteiger partial charge in [-0.15, -0.1) is 0 Å². The van der Waals surface area contributed by atoms with E-state index < -0.39 is 0 Å². The summed E-state index contributed by atoms with van der Waals surface area (Å²) in [6.07, 6.45) is 5.71. The maximum Gasteiger partial charge on any atom is 0.131 e. The standard InChI is InChI=1S/C14H17NO2/c1-9(15)10-2-4-11(5-3-10)16-14-8-12-6-7-13(14)17-12/h2-7,9,12-14H,8,15H2,1H3. The number of fused-ring (bicyclic) bond motifs is 2. The molecule has 1 aromatic carbocycles. The molecule has 2 heterocycles. The first-order valence-electron chi connectivity index (χ1n) is 6.08. The Morgan fingerprint density at radius 1 is 1.29 bits per heavy atom. The molecule has 4 unspecified atom stereocenters. The lowest BCUT2D eigenvalue weighted by atomic mass is 10.0. The van der Waals surface area contributed by atoms with Crippen LogP contribution >= 0.6 is 0 Å². The Labute approximate surface area is 101 Å². The van der Waals surface area contributed by atoms with Crippen molar-refractivity contribution < 1.29 is 9.47 Å². The number of ether oxygens (including phenoxy) is 2. The molecule has 1 saturated heterocycles. The molecule has 2 bridgehead atoms. The highest BCUT2D eigenvalue weighted by Crippen LogP contribution is 2.31. The van der Waals surface area contributed by atoms with Gasteiger partial charge in [-0.1, -0.05) is 24.3 Å². The molecule has 1 aromatic rings. The van der Waals surface area contributed by atoms with Crippen LogP contribution in [0.15, 0.2) is 36.4 Å². The zero-order chi connectivity index (χ0) is 11.8. The molecule has 0 spiro atoms. The van der Waals surface area contributed by atoms with Crippen molar-refractivity contribution in [3.05, 3.63) is 42.0 Å². The molecule has 0 saturated carbocycles. The molecule has 4 atom stereocenters. The van der Waals surface area contributed by atoms with Crippen LogP contribution in [0, 0.1) is 0 Å². The van der Waals surface area contributed by atoms with Crippen LogP contribution in [-0.4, -0.2) is 18.3 Å². The molecule has 2 aliphatic heterocycles. The highest BCUT2D eigenvalue weighted by molar-refractivity contribution is 5.29. The normalized spacial score (nSPS) is 31.8. The van der Waals surface area contributed by atoms with Gasteiger partial charge in [-0.2, -0.15) is 0 Å². The van der Waals surface area contributed by atoms with Crippen molar-refractivity contribution in [2.24, 2.45) is 5.73 Å².